The molecule has 1 saturated carbocycles. The molecule has 2 atom stereocenters. The van der Waals surface area contributed by atoms with Crippen molar-refractivity contribution in [3.63, 3.8) is 0 Å². The van der Waals surface area contributed by atoms with E-state index in [1.165, 1.54) is 5.57 Å². The molecular weight excluding hydrogens is 418 g/mol. The van der Waals surface area contributed by atoms with Gasteiger partial charge in [0.05, 0.1) is 12.1 Å². The van der Waals surface area contributed by atoms with Gasteiger partial charge in [-0.25, -0.2) is 0 Å². The Kier molecular flexibility index (Phi) is 5.55. The number of hydrogen-bond donors (Lipinski definition) is 1. The van der Waals surface area contributed by atoms with Crippen LogP contribution in [0.3, 0.4) is 0 Å². The number of allylic oxidation sites excluding steroid dienone is 1. The number of nitrogens with zero attached hydrogens (tertiary/aromatic N) is 2. The predicted molar refractivity (Wildman–Crippen MR) is 132 cm³/mol. The van der Waals surface area contributed by atoms with Gasteiger partial charge in [-0.05, 0) is 43.2 Å². The summed E-state index contributed by atoms with van der Waals surface area (Å²) in [5.41, 5.74) is 6.28. The first-order valence-electron chi connectivity index (χ1n) is 10.9. The Labute approximate surface area is 192 Å². The summed E-state index contributed by atoms with van der Waals surface area (Å²) in [7, 11) is 0. The zero-order valence-corrected chi connectivity index (χ0v) is 19.2. The Balaban J connectivity index is 1.44. The van der Waals surface area contributed by atoms with Crippen molar-refractivity contribution in [1.82, 2.24) is 9.88 Å². The Hall–Kier alpha value is -2.99. The molecule has 2 fully saturated rings. The lowest BCUT2D eigenvalue weighted by molar-refractivity contribution is 0.0782. The summed E-state index contributed by atoms with van der Waals surface area (Å²) in [5, 5.41) is 4.45. The minimum atomic E-state index is 0.00739. The molecule has 0 bridgehead atoms. The molecule has 1 amide bonds. The number of carbonyl (C=O) groups is 1. The van der Waals surface area contributed by atoms with Crippen LogP contribution >= 0.6 is 11.8 Å². The number of thioether (sulfide) groups is 1. The first kappa shape index (κ1) is 20.9. The summed E-state index contributed by atoms with van der Waals surface area (Å²) in [4.78, 5) is 19.8. The number of pyridine rings is 1. The fourth-order valence-corrected chi connectivity index (χ4v) is 5.22. The van der Waals surface area contributed by atoms with Gasteiger partial charge in [0.2, 0.25) is 0 Å². The highest BCUT2D eigenvalue weighted by atomic mass is 32.2. The van der Waals surface area contributed by atoms with Crippen LogP contribution in [-0.4, -0.2) is 41.0 Å². The lowest BCUT2D eigenvalue weighted by Gasteiger charge is -2.32. The van der Waals surface area contributed by atoms with Crippen molar-refractivity contribution in [3.05, 3.63) is 77.8 Å². The Morgan fingerprint density at radius 3 is 3.00 bits per heavy atom. The van der Waals surface area contributed by atoms with E-state index in [0.29, 0.717) is 17.5 Å². The van der Waals surface area contributed by atoms with Gasteiger partial charge in [0.25, 0.3) is 5.91 Å². The number of amides is 1. The number of aromatic nitrogens is 1. The van der Waals surface area contributed by atoms with Gasteiger partial charge in [-0.3, -0.25) is 9.78 Å². The number of carbonyl (C=O) groups excluding carboxylic acids is 1. The fraction of sp³-hybridized carbons (Fsp3) is 0.308. The van der Waals surface area contributed by atoms with E-state index < -0.39 is 0 Å². The molecule has 1 N–H and O–H groups in total. The second-order valence-electron chi connectivity index (χ2n) is 8.49. The van der Waals surface area contributed by atoms with Crippen LogP contribution in [0.2, 0.25) is 0 Å². The molecule has 5 rings (SSSR count). The molecule has 1 aromatic carbocycles. The molecule has 1 saturated heterocycles. The number of para-hydroxylation sites is 1. The molecular formula is C26H27N3O2S. The first-order chi connectivity index (χ1) is 15.6. The highest BCUT2D eigenvalue weighted by Crippen LogP contribution is 2.45. The van der Waals surface area contributed by atoms with Crippen molar-refractivity contribution in [2.75, 3.05) is 30.5 Å². The van der Waals surface area contributed by atoms with Crippen molar-refractivity contribution in [1.29, 1.82) is 0 Å². The van der Waals surface area contributed by atoms with Crippen LogP contribution < -0.4 is 5.32 Å². The predicted octanol–water partition coefficient (Wildman–Crippen LogP) is 5.66. The molecule has 164 valence electrons. The second kappa shape index (κ2) is 8.51. The maximum atomic E-state index is 13.2. The fourth-order valence-electron chi connectivity index (χ4n) is 4.92. The van der Waals surface area contributed by atoms with Crippen LogP contribution in [0.25, 0.3) is 16.5 Å². The highest BCUT2D eigenvalue weighted by Gasteiger charge is 2.44. The zero-order chi connectivity index (χ0) is 22.2. The number of anilines is 1. The summed E-state index contributed by atoms with van der Waals surface area (Å²) in [5.74, 6) is 1.87. The number of likely N-dealkylation sites (tertiary alicyclic amines) is 1. The van der Waals surface area contributed by atoms with E-state index in [2.05, 4.69) is 29.9 Å². The third-order valence-electron chi connectivity index (χ3n) is 6.73. The summed E-state index contributed by atoms with van der Waals surface area (Å²) in [6.07, 6.45) is 8.87. The quantitative estimate of drug-likeness (QED) is 0.392. The van der Waals surface area contributed by atoms with Gasteiger partial charge >= 0.3 is 0 Å². The smallest absolute Gasteiger partial charge is 0.272 e. The standard InChI is InChI=1S/C26H27N3O2S/c1-4-17-9-18-12-29(13-21(17)18)26(30)24-10-23(28-15-32-3)20(11-27-24)16(2)22-14-31-25-8-6-5-7-19(22)25/h4-8,10-11,14,18,21H,2,9,12-13,15H2,1,3H3,(H,27,28)/b17-4-. The van der Waals surface area contributed by atoms with E-state index in [9.17, 15) is 4.79 Å². The molecule has 1 aliphatic heterocycles. The first-order valence-corrected chi connectivity index (χ1v) is 12.3. The average Bonchev–Trinajstić information content (AvgIpc) is 3.39. The van der Waals surface area contributed by atoms with E-state index in [0.717, 1.165) is 58.7 Å². The maximum absolute atomic E-state index is 13.2. The Morgan fingerprint density at radius 2 is 2.19 bits per heavy atom. The Morgan fingerprint density at radius 1 is 1.34 bits per heavy atom. The molecule has 5 nitrogen and oxygen atoms in total. The lowest BCUT2D eigenvalue weighted by atomic mass is 9.71. The van der Waals surface area contributed by atoms with Crippen molar-refractivity contribution >= 4 is 39.9 Å². The highest BCUT2D eigenvalue weighted by molar-refractivity contribution is 7.98. The second-order valence-corrected chi connectivity index (χ2v) is 9.36. The summed E-state index contributed by atoms with van der Waals surface area (Å²) in [6.45, 7) is 8.05. The molecule has 6 heteroatoms. The Bertz CT molecular complexity index is 1230. The molecule has 0 spiro atoms. The van der Waals surface area contributed by atoms with Crippen LogP contribution in [0.5, 0.6) is 0 Å². The number of fused-ring (bicyclic) bond motifs is 2. The molecule has 32 heavy (non-hydrogen) atoms. The molecule has 3 aromatic rings. The maximum Gasteiger partial charge on any atom is 0.272 e. The SMILES string of the molecule is C=C(c1cnc(C(=O)N2CC3C/C(=C/C)C3C2)cc1NCSC)c1coc2ccccc12. The van der Waals surface area contributed by atoms with Gasteiger partial charge in [-0.2, -0.15) is 0 Å². The van der Waals surface area contributed by atoms with Crippen molar-refractivity contribution in [2.45, 2.75) is 13.3 Å². The molecule has 2 aliphatic rings. The number of nitrogens with one attached hydrogen (secondary N) is 1. The van der Waals surface area contributed by atoms with Crippen LogP contribution in [0, 0.1) is 11.8 Å². The molecule has 2 aromatic heterocycles. The lowest BCUT2D eigenvalue weighted by Crippen LogP contribution is -2.29. The average molecular weight is 446 g/mol. The van der Waals surface area contributed by atoms with Gasteiger partial charge in [0, 0.05) is 47.4 Å². The minimum absolute atomic E-state index is 0.00739. The van der Waals surface area contributed by atoms with Gasteiger partial charge in [0.1, 0.15) is 11.3 Å². The number of hydrogen-bond acceptors (Lipinski definition) is 5. The monoisotopic (exact) mass is 445 g/mol. The van der Waals surface area contributed by atoms with Crippen molar-refractivity contribution < 1.29 is 9.21 Å². The van der Waals surface area contributed by atoms with Gasteiger partial charge < -0.3 is 14.6 Å². The van der Waals surface area contributed by atoms with Crippen LogP contribution in [0.15, 0.2) is 65.4 Å². The largest absolute Gasteiger partial charge is 0.464 e. The molecule has 3 heterocycles. The number of benzene rings is 1. The molecule has 2 unspecified atom stereocenters. The summed E-state index contributed by atoms with van der Waals surface area (Å²) in [6, 6.07) is 9.79. The molecule has 1 aliphatic carbocycles. The normalized spacial score (nSPS) is 20.9. The van der Waals surface area contributed by atoms with E-state index in [-0.39, 0.29) is 5.91 Å². The van der Waals surface area contributed by atoms with Crippen LogP contribution in [-0.2, 0) is 0 Å². The van der Waals surface area contributed by atoms with Gasteiger partial charge in [-0.1, -0.05) is 36.4 Å². The topological polar surface area (TPSA) is 58.4 Å². The van der Waals surface area contributed by atoms with Gasteiger partial charge in [0.15, 0.2) is 0 Å². The summed E-state index contributed by atoms with van der Waals surface area (Å²) < 4.78 is 5.71. The van der Waals surface area contributed by atoms with E-state index in [4.69, 9.17) is 4.42 Å². The van der Waals surface area contributed by atoms with Crippen molar-refractivity contribution in [3.8, 4) is 0 Å². The van der Waals surface area contributed by atoms with E-state index >= 15 is 0 Å². The molecule has 0 radical (unpaired) electrons. The van der Waals surface area contributed by atoms with Crippen LogP contribution in [0.1, 0.15) is 35.0 Å². The van der Waals surface area contributed by atoms with Crippen molar-refractivity contribution in [2.24, 2.45) is 11.8 Å². The number of furan rings is 1. The van der Waals surface area contributed by atoms with E-state index in [1.54, 1.807) is 24.2 Å². The van der Waals surface area contributed by atoms with Crippen LogP contribution in [0.4, 0.5) is 5.69 Å². The third kappa shape index (κ3) is 3.52. The third-order valence-corrected chi connectivity index (χ3v) is 7.17. The zero-order valence-electron chi connectivity index (χ0n) is 18.4. The van der Waals surface area contributed by atoms with Gasteiger partial charge in [-0.15, -0.1) is 11.8 Å². The van der Waals surface area contributed by atoms with E-state index in [1.807, 2.05) is 41.5 Å². The number of rotatable bonds is 6. The summed E-state index contributed by atoms with van der Waals surface area (Å²) >= 11 is 1.69. The minimum Gasteiger partial charge on any atom is -0.464 e.